The van der Waals surface area contributed by atoms with Crippen LogP contribution in [-0.2, 0) is 11.3 Å². The Kier molecular flexibility index (Phi) is 4.14. The summed E-state index contributed by atoms with van der Waals surface area (Å²) in [6.07, 6.45) is 1.05. The topological polar surface area (TPSA) is 55.1 Å². The molecule has 0 amide bonds. The van der Waals surface area contributed by atoms with Crippen LogP contribution in [0.4, 0.5) is 0 Å². The van der Waals surface area contributed by atoms with Gasteiger partial charge < -0.3 is 19.0 Å². The van der Waals surface area contributed by atoms with Crippen LogP contribution in [0.5, 0.6) is 5.75 Å². The minimum Gasteiger partial charge on any atom is -0.497 e. The van der Waals surface area contributed by atoms with Crippen molar-refractivity contribution in [3.05, 3.63) is 30.0 Å². The summed E-state index contributed by atoms with van der Waals surface area (Å²) in [5.74, 6) is 1.72. The van der Waals surface area contributed by atoms with Gasteiger partial charge in [0, 0.05) is 25.1 Å². The Morgan fingerprint density at radius 2 is 2.19 bits per heavy atom. The summed E-state index contributed by atoms with van der Waals surface area (Å²) in [6, 6.07) is 7.95. The fourth-order valence-corrected chi connectivity index (χ4v) is 2.97. The summed E-state index contributed by atoms with van der Waals surface area (Å²) in [5, 5.41) is 10.5. The number of aliphatic hydroxyl groups excluding tert-OH is 1. The lowest BCUT2D eigenvalue weighted by molar-refractivity contribution is 0.106. The van der Waals surface area contributed by atoms with Crippen molar-refractivity contribution >= 4 is 11.0 Å². The van der Waals surface area contributed by atoms with E-state index in [1.807, 2.05) is 24.3 Å². The summed E-state index contributed by atoms with van der Waals surface area (Å²) < 4.78 is 16.5. The van der Waals surface area contributed by atoms with E-state index in [1.165, 1.54) is 0 Å². The summed E-state index contributed by atoms with van der Waals surface area (Å²) in [4.78, 5) is 2.21. The Hall–Kier alpha value is -1.56. The fraction of sp³-hybridized carbons (Fsp3) is 0.500. The quantitative estimate of drug-likeness (QED) is 0.913. The first-order chi connectivity index (χ1) is 10.2. The molecule has 0 aliphatic carbocycles. The van der Waals surface area contributed by atoms with Crippen LogP contribution in [0.1, 0.15) is 12.2 Å². The van der Waals surface area contributed by atoms with Crippen molar-refractivity contribution in [2.75, 3.05) is 27.4 Å². The van der Waals surface area contributed by atoms with E-state index in [0.717, 1.165) is 35.4 Å². The number of ether oxygens (including phenoxy) is 2. The third kappa shape index (κ3) is 2.90. The van der Waals surface area contributed by atoms with Crippen LogP contribution in [0.25, 0.3) is 11.0 Å². The summed E-state index contributed by atoms with van der Waals surface area (Å²) in [6.45, 7) is 1.65. The van der Waals surface area contributed by atoms with E-state index in [1.54, 1.807) is 14.2 Å². The monoisotopic (exact) mass is 291 g/mol. The summed E-state index contributed by atoms with van der Waals surface area (Å²) in [7, 11) is 3.37. The Balaban J connectivity index is 1.78. The second kappa shape index (κ2) is 6.05. The molecule has 1 saturated heterocycles. The minimum absolute atomic E-state index is 0.137. The number of aliphatic hydroxyl groups is 1. The highest BCUT2D eigenvalue weighted by Gasteiger charge is 2.32. The highest BCUT2D eigenvalue weighted by molar-refractivity contribution is 5.79. The Bertz CT molecular complexity index is 609. The van der Waals surface area contributed by atoms with Crippen molar-refractivity contribution in [3.8, 4) is 5.75 Å². The molecule has 5 nitrogen and oxygen atoms in total. The average Bonchev–Trinajstić information content (AvgIpc) is 3.09. The molecule has 114 valence electrons. The van der Waals surface area contributed by atoms with Crippen LogP contribution < -0.4 is 4.74 Å². The lowest BCUT2D eigenvalue weighted by atomic mass is 10.2. The smallest absolute Gasteiger partial charge is 0.134 e. The maximum Gasteiger partial charge on any atom is 0.134 e. The molecule has 0 bridgehead atoms. The van der Waals surface area contributed by atoms with Gasteiger partial charge in [0.05, 0.1) is 26.4 Å². The lowest BCUT2D eigenvalue weighted by Gasteiger charge is -2.20. The molecule has 1 aliphatic rings. The van der Waals surface area contributed by atoms with Crippen molar-refractivity contribution in [1.29, 1.82) is 0 Å². The van der Waals surface area contributed by atoms with Gasteiger partial charge in [-0.3, -0.25) is 4.90 Å². The molecule has 1 fully saturated rings. The van der Waals surface area contributed by atoms with E-state index in [0.29, 0.717) is 6.54 Å². The van der Waals surface area contributed by atoms with Crippen LogP contribution >= 0.6 is 0 Å². The van der Waals surface area contributed by atoms with Gasteiger partial charge in [-0.05, 0) is 30.7 Å². The Morgan fingerprint density at radius 1 is 1.33 bits per heavy atom. The number of fused-ring (bicyclic) bond motifs is 1. The van der Waals surface area contributed by atoms with Crippen LogP contribution in [-0.4, -0.2) is 49.5 Å². The molecule has 2 aromatic rings. The molecule has 0 spiro atoms. The zero-order valence-electron chi connectivity index (χ0n) is 12.4. The van der Waals surface area contributed by atoms with E-state index in [-0.39, 0.29) is 18.8 Å². The van der Waals surface area contributed by atoms with Gasteiger partial charge in [-0.2, -0.15) is 0 Å². The van der Waals surface area contributed by atoms with Crippen molar-refractivity contribution in [2.45, 2.75) is 25.1 Å². The van der Waals surface area contributed by atoms with Gasteiger partial charge in [0.2, 0.25) is 0 Å². The van der Waals surface area contributed by atoms with Crippen molar-refractivity contribution in [3.63, 3.8) is 0 Å². The molecule has 5 heteroatoms. The number of methoxy groups -OCH3 is 2. The van der Waals surface area contributed by atoms with Gasteiger partial charge in [0.25, 0.3) is 0 Å². The molecule has 1 aromatic carbocycles. The van der Waals surface area contributed by atoms with Gasteiger partial charge in [0.15, 0.2) is 0 Å². The molecule has 0 unspecified atom stereocenters. The SMILES string of the molecule is COc1ccc2oc(CN3C[C@@H](OC)C[C@H]3CO)cc2c1. The minimum atomic E-state index is 0.137. The molecule has 2 atom stereocenters. The predicted octanol–water partition coefficient (Wildman–Crippen LogP) is 2.02. The molecular formula is C16H21NO4. The first-order valence-corrected chi connectivity index (χ1v) is 7.17. The molecule has 1 N–H and O–H groups in total. The van der Waals surface area contributed by atoms with Gasteiger partial charge in [0.1, 0.15) is 17.1 Å². The zero-order valence-corrected chi connectivity index (χ0v) is 12.4. The number of hydrogen-bond donors (Lipinski definition) is 1. The number of hydrogen-bond acceptors (Lipinski definition) is 5. The van der Waals surface area contributed by atoms with Gasteiger partial charge in [-0.15, -0.1) is 0 Å². The molecule has 1 aromatic heterocycles. The highest BCUT2D eigenvalue weighted by Crippen LogP contribution is 2.27. The maximum atomic E-state index is 9.49. The molecule has 21 heavy (non-hydrogen) atoms. The van der Waals surface area contributed by atoms with Crippen molar-refractivity contribution in [1.82, 2.24) is 4.90 Å². The van der Waals surface area contributed by atoms with Crippen molar-refractivity contribution < 1.29 is 19.0 Å². The van der Waals surface area contributed by atoms with E-state index < -0.39 is 0 Å². The Labute approximate surface area is 124 Å². The van der Waals surface area contributed by atoms with E-state index in [9.17, 15) is 5.11 Å². The van der Waals surface area contributed by atoms with E-state index >= 15 is 0 Å². The number of furan rings is 1. The van der Waals surface area contributed by atoms with Gasteiger partial charge >= 0.3 is 0 Å². The number of benzene rings is 1. The lowest BCUT2D eigenvalue weighted by Crippen LogP contribution is -2.31. The standard InChI is InChI=1S/C16H21NO4/c1-19-13-3-4-16-11(5-13)6-15(21-16)9-17-8-14(20-2)7-12(17)10-18/h3-6,12,14,18H,7-10H2,1-2H3/t12-,14-/m0/s1. The van der Waals surface area contributed by atoms with Gasteiger partial charge in [-0.1, -0.05) is 0 Å². The van der Waals surface area contributed by atoms with Crippen LogP contribution in [0, 0.1) is 0 Å². The second-order valence-electron chi connectivity index (χ2n) is 5.48. The highest BCUT2D eigenvalue weighted by atomic mass is 16.5. The van der Waals surface area contributed by atoms with Gasteiger partial charge in [-0.25, -0.2) is 0 Å². The fourth-order valence-electron chi connectivity index (χ4n) is 2.97. The molecule has 1 aliphatic heterocycles. The average molecular weight is 291 g/mol. The van der Waals surface area contributed by atoms with E-state index in [2.05, 4.69) is 4.90 Å². The number of likely N-dealkylation sites (tertiary alicyclic amines) is 1. The predicted molar refractivity (Wildman–Crippen MR) is 79.5 cm³/mol. The first kappa shape index (κ1) is 14.4. The number of rotatable bonds is 5. The first-order valence-electron chi connectivity index (χ1n) is 7.17. The van der Waals surface area contributed by atoms with E-state index in [4.69, 9.17) is 13.9 Å². The van der Waals surface area contributed by atoms with Crippen LogP contribution in [0.2, 0.25) is 0 Å². The third-order valence-electron chi connectivity index (χ3n) is 4.17. The molecular weight excluding hydrogens is 270 g/mol. The molecule has 2 heterocycles. The van der Waals surface area contributed by atoms with Crippen LogP contribution in [0.15, 0.2) is 28.7 Å². The number of nitrogens with zero attached hydrogens (tertiary/aromatic N) is 1. The Morgan fingerprint density at radius 3 is 2.90 bits per heavy atom. The normalized spacial score (nSPS) is 23.0. The zero-order chi connectivity index (χ0) is 14.8. The summed E-state index contributed by atoms with van der Waals surface area (Å²) in [5.41, 5.74) is 0.855. The second-order valence-corrected chi connectivity index (χ2v) is 5.48. The third-order valence-corrected chi connectivity index (χ3v) is 4.17. The molecule has 3 rings (SSSR count). The maximum absolute atomic E-state index is 9.49. The molecule has 0 radical (unpaired) electrons. The van der Waals surface area contributed by atoms with Crippen molar-refractivity contribution in [2.24, 2.45) is 0 Å². The summed E-state index contributed by atoms with van der Waals surface area (Å²) >= 11 is 0. The largest absolute Gasteiger partial charge is 0.497 e. The van der Waals surface area contributed by atoms with Crippen LogP contribution in [0.3, 0.4) is 0 Å². The molecule has 0 saturated carbocycles.